The molecule has 0 aromatic carbocycles. The quantitative estimate of drug-likeness (QED) is 0.740. The first-order chi connectivity index (χ1) is 6.41. The summed E-state index contributed by atoms with van der Waals surface area (Å²) < 4.78 is 4.58. The van der Waals surface area contributed by atoms with E-state index in [1.54, 1.807) is 0 Å². The second-order valence-electron chi connectivity index (χ2n) is 4.25. The Labute approximate surface area is 82.6 Å². The Hall–Kier alpha value is -1.36. The van der Waals surface area contributed by atoms with Gasteiger partial charge in [0.25, 0.3) is 0 Å². The van der Waals surface area contributed by atoms with Crippen molar-refractivity contribution in [1.82, 2.24) is 5.16 Å². The number of hydrogen-bond donors (Lipinski definition) is 2. The number of carbonyl (C=O) groups is 1. The number of nitrogens with two attached hydrogens (primary N) is 1. The lowest BCUT2D eigenvalue weighted by Gasteiger charge is -2.25. The van der Waals surface area contributed by atoms with E-state index in [9.17, 15) is 4.79 Å². The molecule has 0 fully saturated rings. The Morgan fingerprint density at radius 3 is 2.71 bits per heavy atom. The zero-order valence-corrected chi connectivity index (χ0v) is 8.57. The van der Waals surface area contributed by atoms with E-state index in [0.29, 0.717) is 5.69 Å². The molecule has 1 rings (SSSR count). The van der Waals surface area contributed by atoms with Gasteiger partial charge in [-0.15, -0.1) is 0 Å². The van der Waals surface area contributed by atoms with Crippen molar-refractivity contribution >= 4 is 11.6 Å². The fourth-order valence-electron chi connectivity index (χ4n) is 0.880. The summed E-state index contributed by atoms with van der Waals surface area (Å²) >= 11 is 0. The van der Waals surface area contributed by atoms with Gasteiger partial charge in [0, 0.05) is 0 Å². The maximum atomic E-state index is 11.6. The van der Waals surface area contributed by atoms with Crippen molar-refractivity contribution < 1.29 is 9.32 Å². The number of amides is 1. The van der Waals surface area contributed by atoms with E-state index < -0.39 is 6.04 Å². The van der Waals surface area contributed by atoms with Crippen LogP contribution in [0.25, 0.3) is 0 Å². The highest BCUT2D eigenvalue weighted by atomic mass is 16.5. The predicted octanol–water partition coefficient (Wildman–Crippen LogP) is 0.986. The van der Waals surface area contributed by atoms with Gasteiger partial charge in [0.1, 0.15) is 12.0 Å². The van der Waals surface area contributed by atoms with Crippen molar-refractivity contribution in [3.63, 3.8) is 0 Å². The van der Waals surface area contributed by atoms with Crippen molar-refractivity contribution in [3.8, 4) is 0 Å². The molecular formula is C9H15N3O2. The Kier molecular flexibility index (Phi) is 2.90. The summed E-state index contributed by atoms with van der Waals surface area (Å²) in [6, 6.07) is -0.558. The van der Waals surface area contributed by atoms with E-state index in [-0.39, 0.29) is 11.3 Å². The zero-order chi connectivity index (χ0) is 10.8. The molecule has 0 radical (unpaired) electrons. The zero-order valence-electron chi connectivity index (χ0n) is 8.57. The monoisotopic (exact) mass is 197 g/mol. The summed E-state index contributed by atoms with van der Waals surface area (Å²) in [6.07, 6.45) is 2.78. The van der Waals surface area contributed by atoms with Gasteiger partial charge in [-0.05, 0) is 5.41 Å². The van der Waals surface area contributed by atoms with Crippen LogP contribution in [0.5, 0.6) is 0 Å². The molecule has 0 spiro atoms. The van der Waals surface area contributed by atoms with E-state index >= 15 is 0 Å². The fraction of sp³-hybridized carbons (Fsp3) is 0.556. The third-order valence-corrected chi connectivity index (χ3v) is 1.92. The Balaban J connectivity index is 2.59. The van der Waals surface area contributed by atoms with Crippen LogP contribution in [0.15, 0.2) is 17.0 Å². The SMILES string of the molecule is CC(C)(C)[C@@H](N)C(=O)Nc1cnoc1. The molecule has 0 aliphatic carbocycles. The molecule has 5 nitrogen and oxygen atoms in total. The average Bonchev–Trinajstić information content (AvgIpc) is 2.53. The van der Waals surface area contributed by atoms with E-state index in [1.807, 2.05) is 20.8 Å². The van der Waals surface area contributed by atoms with Crippen LogP contribution in [0, 0.1) is 5.41 Å². The molecule has 1 atom stereocenters. The fourth-order valence-corrected chi connectivity index (χ4v) is 0.880. The molecule has 0 bridgehead atoms. The molecule has 78 valence electrons. The minimum atomic E-state index is -0.558. The molecule has 0 aliphatic rings. The summed E-state index contributed by atoms with van der Waals surface area (Å²) in [7, 11) is 0. The first-order valence-corrected chi connectivity index (χ1v) is 4.37. The third kappa shape index (κ3) is 2.56. The van der Waals surface area contributed by atoms with Gasteiger partial charge in [-0.2, -0.15) is 0 Å². The normalized spacial score (nSPS) is 13.7. The van der Waals surface area contributed by atoms with Gasteiger partial charge in [0.05, 0.1) is 12.2 Å². The number of nitrogens with one attached hydrogen (secondary N) is 1. The number of aromatic nitrogens is 1. The molecule has 1 aromatic rings. The van der Waals surface area contributed by atoms with Gasteiger partial charge in [-0.1, -0.05) is 25.9 Å². The van der Waals surface area contributed by atoms with Gasteiger partial charge in [-0.25, -0.2) is 0 Å². The smallest absolute Gasteiger partial charge is 0.241 e. The number of rotatable bonds is 2. The van der Waals surface area contributed by atoms with Crippen LogP contribution in [0.4, 0.5) is 5.69 Å². The maximum absolute atomic E-state index is 11.6. The summed E-state index contributed by atoms with van der Waals surface area (Å²) in [5.74, 6) is -0.235. The number of carbonyl (C=O) groups excluding carboxylic acids is 1. The highest BCUT2D eigenvalue weighted by Crippen LogP contribution is 2.18. The third-order valence-electron chi connectivity index (χ3n) is 1.92. The van der Waals surface area contributed by atoms with E-state index in [4.69, 9.17) is 5.73 Å². The van der Waals surface area contributed by atoms with Gasteiger partial charge < -0.3 is 15.6 Å². The van der Waals surface area contributed by atoms with Crippen LogP contribution in [-0.4, -0.2) is 17.1 Å². The Morgan fingerprint density at radius 2 is 2.29 bits per heavy atom. The van der Waals surface area contributed by atoms with Crippen molar-refractivity contribution in [3.05, 3.63) is 12.5 Å². The molecule has 0 saturated carbocycles. The molecule has 1 aromatic heterocycles. The van der Waals surface area contributed by atoms with E-state index in [0.717, 1.165) is 0 Å². The number of hydrogen-bond acceptors (Lipinski definition) is 4. The van der Waals surface area contributed by atoms with Crippen molar-refractivity contribution in [2.24, 2.45) is 11.1 Å². The number of anilines is 1. The van der Waals surface area contributed by atoms with E-state index in [1.165, 1.54) is 12.5 Å². The molecule has 5 heteroatoms. The highest BCUT2D eigenvalue weighted by Gasteiger charge is 2.27. The minimum Gasteiger partial charge on any atom is -0.363 e. The van der Waals surface area contributed by atoms with Gasteiger partial charge >= 0.3 is 0 Å². The summed E-state index contributed by atoms with van der Waals surface area (Å²) in [6.45, 7) is 5.72. The topological polar surface area (TPSA) is 81.2 Å². The lowest BCUT2D eigenvalue weighted by molar-refractivity contribution is -0.119. The maximum Gasteiger partial charge on any atom is 0.241 e. The number of nitrogens with zero attached hydrogens (tertiary/aromatic N) is 1. The molecule has 3 N–H and O–H groups in total. The average molecular weight is 197 g/mol. The van der Waals surface area contributed by atoms with E-state index in [2.05, 4.69) is 15.0 Å². The van der Waals surface area contributed by atoms with Gasteiger partial charge in [0.15, 0.2) is 0 Å². The summed E-state index contributed by atoms with van der Waals surface area (Å²) in [4.78, 5) is 11.6. The molecule has 14 heavy (non-hydrogen) atoms. The summed E-state index contributed by atoms with van der Waals surface area (Å²) in [5, 5.41) is 6.07. The molecule has 0 unspecified atom stereocenters. The largest absolute Gasteiger partial charge is 0.363 e. The second kappa shape index (κ2) is 3.79. The lowest BCUT2D eigenvalue weighted by Crippen LogP contribution is -2.45. The lowest BCUT2D eigenvalue weighted by atomic mass is 9.87. The Bertz CT molecular complexity index is 300. The van der Waals surface area contributed by atoms with Crippen LogP contribution >= 0.6 is 0 Å². The standard InChI is InChI=1S/C9H15N3O2/c1-9(2,3)7(10)8(13)12-6-4-11-14-5-6/h4-5,7H,10H2,1-3H3,(H,12,13)/t7-/m0/s1. The molecule has 0 aliphatic heterocycles. The van der Waals surface area contributed by atoms with Crippen LogP contribution in [0.3, 0.4) is 0 Å². The van der Waals surface area contributed by atoms with Crippen molar-refractivity contribution in [2.45, 2.75) is 26.8 Å². The second-order valence-corrected chi connectivity index (χ2v) is 4.25. The molecule has 1 amide bonds. The summed E-state index contributed by atoms with van der Waals surface area (Å²) in [5.41, 5.74) is 6.01. The van der Waals surface area contributed by atoms with Crippen LogP contribution in [0.1, 0.15) is 20.8 Å². The minimum absolute atomic E-state index is 0.235. The molecule has 0 saturated heterocycles. The van der Waals surface area contributed by atoms with Crippen LogP contribution in [-0.2, 0) is 4.79 Å². The van der Waals surface area contributed by atoms with Gasteiger partial charge in [-0.3, -0.25) is 4.79 Å². The van der Waals surface area contributed by atoms with Crippen LogP contribution in [0.2, 0.25) is 0 Å². The first-order valence-electron chi connectivity index (χ1n) is 4.37. The van der Waals surface area contributed by atoms with Crippen molar-refractivity contribution in [1.29, 1.82) is 0 Å². The van der Waals surface area contributed by atoms with Gasteiger partial charge in [0.2, 0.25) is 5.91 Å². The Morgan fingerprint density at radius 1 is 1.64 bits per heavy atom. The predicted molar refractivity (Wildman–Crippen MR) is 52.6 cm³/mol. The molecule has 1 heterocycles. The van der Waals surface area contributed by atoms with Crippen LogP contribution < -0.4 is 11.1 Å². The first kappa shape index (κ1) is 10.7. The molecular weight excluding hydrogens is 182 g/mol. The van der Waals surface area contributed by atoms with Crippen molar-refractivity contribution in [2.75, 3.05) is 5.32 Å². The highest BCUT2D eigenvalue weighted by molar-refractivity contribution is 5.94.